The molecule has 1 aromatic rings. The Morgan fingerprint density at radius 3 is 2.94 bits per heavy atom. The maximum Gasteiger partial charge on any atom is 0.151 e. The average molecular weight is 235 g/mol. The maximum absolute atomic E-state index is 5.79. The first-order valence-electron chi connectivity index (χ1n) is 6.18. The van der Waals surface area contributed by atoms with Crippen molar-refractivity contribution in [3.8, 4) is 0 Å². The van der Waals surface area contributed by atoms with Gasteiger partial charge >= 0.3 is 0 Å². The molecule has 0 aliphatic carbocycles. The Balaban J connectivity index is 1.94. The second-order valence-electron chi connectivity index (χ2n) is 4.80. The van der Waals surface area contributed by atoms with Crippen LogP contribution in [0.3, 0.4) is 0 Å². The number of hydrogen-bond donors (Lipinski definition) is 1. The van der Waals surface area contributed by atoms with Gasteiger partial charge in [0.25, 0.3) is 0 Å². The summed E-state index contributed by atoms with van der Waals surface area (Å²) < 4.78 is 5.79. The molecule has 1 saturated heterocycles. The minimum atomic E-state index is 0.334. The summed E-state index contributed by atoms with van der Waals surface area (Å²) >= 11 is 0. The summed E-state index contributed by atoms with van der Waals surface area (Å²) in [5.74, 6) is 0.971. The first kappa shape index (κ1) is 12.2. The number of pyridine rings is 1. The van der Waals surface area contributed by atoms with Crippen molar-refractivity contribution in [1.29, 1.82) is 0 Å². The van der Waals surface area contributed by atoms with E-state index in [1.54, 1.807) is 0 Å². The van der Waals surface area contributed by atoms with Gasteiger partial charge in [-0.2, -0.15) is 0 Å². The lowest BCUT2D eigenvalue weighted by molar-refractivity contribution is 0.0637. The van der Waals surface area contributed by atoms with Gasteiger partial charge in [0.05, 0.1) is 17.9 Å². The van der Waals surface area contributed by atoms with Crippen LogP contribution in [0.15, 0.2) is 18.3 Å². The zero-order valence-electron chi connectivity index (χ0n) is 10.8. The fourth-order valence-electron chi connectivity index (χ4n) is 2.15. The fourth-order valence-corrected chi connectivity index (χ4v) is 2.15. The third-order valence-corrected chi connectivity index (χ3v) is 3.05. The van der Waals surface area contributed by atoms with E-state index >= 15 is 0 Å². The Morgan fingerprint density at radius 1 is 1.47 bits per heavy atom. The Kier molecular flexibility index (Phi) is 3.84. The van der Waals surface area contributed by atoms with E-state index < -0.39 is 0 Å². The van der Waals surface area contributed by atoms with E-state index in [0.717, 1.165) is 24.5 Å². The number of anilines is 2. The molecule has 2 rings (SSSR count). The van der Waals surface area contributed by atoms with Crippen LogP contribution in [-0.2, 0) is 4.74 Å². The quantitative estimate of drug-likeness (QED) is 0.867. The lowest BCUT2D eigenvalue weighted by Gasteiger charge is -2.18. The molecule has 0 amide bonds. The van der Waals surface area contributed by atoms with Crippen LogP contribution in [0.1, 0.15) is 19.8 Å². The molecule has 4 heteroatoms. The van der Waals surface area contributed by atoms with Crippen LogP contribution in [0.5, 0.6) is 0 Å². The van der Waals surface area contributed by atoms with Crippen molar-refractivity contribution in [2.75, 3.05) is 30.9 Å². The normalized spacial score (nSPS) is 23.7. The minimum absolute atomic E-state index is 0.334. The molecule has 0 radical (unpaired) electrons. The van der Waals surface area contributed by atoms with Gasteiger partial charge < -0.3 is 15.0 Å². The van der Waals surface area contributed by atoms with Crippen LogP contribution in [0, 0.1) is 0 Å². The molecule has 0 bridgehead atoms. The number of aromatic nitrogens is 1. The highest BCUT2D eigenvalue weighted by Gasteiger charge is 2.21. The molecule has 2 atom stereocenters. The lowest BCUT2D eigenvalue weighted by atomic mass is 10.2. The van der Waals surface area contributed by atoms with Crippen molar-refractivity contribution < 1.29 is 4.74 Å². The molecule has 4 nitrogen and oxygen atoms in total. The molecule has 1 aliphatic heterocycles. The van der Waals surface area contributed by atoms with Crippen LogP contribution < -0.4 is 10.2 Å². The van der Waals surface area contributed by atoms with Crippen molar-refractivity contribution in [3.05, 3.63) is 18.3 Å². The largest absolute Gasteiger partial charge is 0.379 e. The number of rotatable bonds is 4. The third kappa shape index (κ3) is 3.09. The highest BCUT2D eigenvalue weighted by atomic mass is 16.5. The molecule has 94 valence electrons. The van der Waals surface area contributed by atoms with Gasteiger partial charge in [0.1, 0.15) is 0 Å². The summed E-state index contributed by atoms with van der Waals surface area (Å²) in [6.45, 7) is 2.99. The molecule has 1 aromatic heterocycles. The van der Waals surface area contributed by atoms with E-state index in [-0.39, 0.29) is 0 Å². The topological polar surface area (TPSA) is 37.4 Å². The van der Waals surface area contributed by atoms with E-state index in [2.05, 4.69) is 23.3 Å². The van der Waals surface area contributed by atoms with Crippen LogP contribution in [-0.4, -0.2) is 37.8 Å². The van der Waals surface area contributed by atoms with Crippen molar-refractivity contribution >= 4 is 11.5 Å². The van der Waals surface area contributed by atoms with E-state index in [9.17, 15) is 0 Å². The molecule has 2 unspecified atom stereocenters. The van der Waals surface area contributed by atoms with Crippen molar-refractivity contribution in [2.45, 2.75) is 32.0 Å². The number of hydrogen-bond acceptors (Lipinski definition) is 4. The summed E-state index contributed by atoms with van der Waals surface area (Å²) in [7, 11) is 4.00. The summed E-state index contributed by atoms with van der Waals surface area (Å²) in [4.78, 5) is 6.38. The van der Waals surface area contributed by atoms with Crippen LogP contribution in [0.4, 0.5) is 11.5 Å². The predicted molar refractivity (Wildman–Crippen MR) is 70.6 cm³/mol. The molecular weight excluding hydrogens is 214 g/mol. The van der Waals surface area contributed by atoms with Crippen molar-refractivity contribution in [2.24, 2.45) is 0 Å². The molecule has 0 saturated carbocycles. The summed E-state index contributed by atoms with van der Waals surface area (Å²) in [5.41, 5.74) is 1.07. The van der Waals surface area contributed by atoms with Gasteiger partial charge in [0.15, 0.2) is 5.82 Å². The summed E-state index contributed by atoms with van der Waals surface area (Å²) in [6.07, 6.45) is 4.87. The maximum atomic E-state index is 5.79. The zero-order valence-corrected chi connectivity index (χ0v) is 10.8. The molecule has 17 heavy (non-hydrogen) atoms. The summed E-state index contributed by atoms with van der Waals surface area (Å²) in [5, 5.41) is 3.43. The molecule has 1 N–H and O–H groups in total. The van der Waals surface area contributed by atoms with E-state index in [4.69, 9.17) is 4.74 Å². The monoisotopic (exact) mass is 235 g/mol. The number of nitrogens with one attached hydrogen (secondary N) is 1. The predicted octanol–water partition coefficient (Wildman–Crippen LogP) is 2.13. The Hall–Kier alpha value is -1.29. The van der Waals surface area contributed by atoms with Gasteiger partial charge in [-0.1, -0.05) is 0 Å². The molecule has 0 spiro atoms. The summed E-state index contributed by atoms with van der Waals surface area (Å²) in [6, 6.07) is 4.01. The van der Waals surface area contributed by atoms with Crippen LogP contribution >= 0.6 is 0 Å². The first-order chi connectivity index (χ1) is 8.16. The molecular formula is C13H21N3O. The van der Waals surface area contributed by atoms with E-state index in [1.165, 1.54) is 6.42 Å². The number of nitrogens with zero attached hydrogens (tertiary/aromatic N) is 2. The average Bonchev–Trinajstić information content (AvgIpc) is 2.73. The van der Waals surface area contributed by atoms with Gasteiger partial charge in [-0.05, 0) is 31.9 Å². The number of ether oxygens (including phenoxy) is 1. The highest BCUT2D eigenvalue weighted by molar-refractivity contribution is 5.64. The Labute approximate surface area is 103 Å². The fraction of sp³-hybridized carbons (Fsp3) is 0.615. The third-order valence-electron chi connectivity index (χ3n) is 3.05. The van der Waals surface area contributed by atoms with E-state index in [0.29, 0.717) is 12.2 Å². The van der Waals surface area contributed by atoms with E-state index in [1.807, 2.05) is 31.3 Å². The first-order valence-corrected chi connectivity index (χ1v) is 6.18. The SMILES string of the molecule is CC1CCC(CNc2cccnc2N(C)C)O1. The highest BCUT2D eigenvalue weighted by Crippen LogP contribution is 2.23. The zero-order chi connectivity index (χ0) is 12.3. The van der Waals surface area contributed by atoms with Gasteiger partial charge in [-0.3, -0.25) is 0 Å². The molecule has 2 heterocycles. The second kappa shape index (κ2) is 5.36. The van der Waals surface area contributed by atoms with Gasteiger partial charge in [0.2, 0.25) is 0 Å². The molecule has 1 aliphatic rings. The smallest absolute Gasteiger partial charge is 0.151 e. The lowest BCUT2D eigenvalue weighted by Crippen LogP contribution is -2.21. The Morgan fingerprint density at radius 2 is 2.29 bits per heavy atom. The van der Waals surface area contributed by atoms with Crippen LogP contribution in [0.25, 0.3) is 0 Å². The molecule has 0 aromatic carbocycles. The van der Waals surface area contributed by atoms with Gasteiger partial charge in [0, 0.05) is 26.8 Å². The molecule has 1 fully saturated rings. The van der Waals surface area contributed by atoms with Gasteiger partial charge in [-0.25, -0.2) is 4.98 Å². The van der Waals surface area contributed by atoms with Crippen molar-refractivity contribution in [3.63, 3.8) is 0 Å². The minimum Gasteiger partial charge on any atom is -0.379 e. The Bertz CT molecular complexity index is 367. The van der Waals surface area contributed by atoms with Crippen LogP contribution in [0.2, 0.25) is 0 Å². The standard InChI is InChI=1S/C13H21N3O/c1-10-6-7-11(17-10)9-15-12-5-4-8-14-13(12)16(2)3/h4-5,8,10-11,15H,6-7,9H2,1-3H3. The second-order valence-corrected chi connectivity index (χ2v) is 4.80. The van der Waals surface area contributed by atoms with Gasteiger partial charge in [-0.15, -0.1) is 0 Å². The van der Waals surface area contributed by atoms with Crippen molar-refractivity contribution in [1.82, 2.24) is 4.98 Å².